The molecule has 0 spiro atoms. The molecule has 0 N–H and O–H groups in total. The number of carbonyl (C=O) groups is 3. The normalized spacial score (nSPS) is 12.7. The predicted molar refractivity (Wildman–Crippen MR) is 334 cm³/mol. The number of carbonyl (C=O) groups excluding carboxylic acids is 3. The summed E-state index contributed by atoms with van der Waals surface area (Å²) in [5.41, 5.74) is 0. The maximum absolute atomic E-state index is 12.9. The molecule has 0 bridgehead atoms. The minimum absolute atomic E-state index is 0.0806. The first kappa shape index (κ1) is 73.3. The van der Waals surface area contributed by atoms with E-state index < -0.39 is 6.10 Å². The molecule has 0 aromatic carbocycles. The first-order chi connectivity index (χ1) is 38.0. The number of unbranched alkanes of at least 4 members (excludes halogenated alkanes) is 32. The van der Waals surface area contributed by atoms with Crippen LogP contribution in [0.3, 0.4) is 0 Å². The molecule has 0 aromatic heterocycles. The SMILES string of the molecule is CC/C=C\C/C=C\C/C=C\C/C=C\C/C=C\C/C=C\CCCCCCCCC(=O)OCC(COC(=O)CCCCCCCCCCCCC)OC(=O)CCCCCCCCCCCCC/C=C\C/C=C\CCCCCCC. The largest absolute Gasteiger partial charge is 0.462 e. The molecule has 0 saturated carbocycles. The monoisotopic (exact) mass is 1070 g/mol. The van der Waals surface area contributed by atoms with Crippen molar-refractivity contribution >= 4 is 17.9 Å². The molecule has 0 aromatic rings. The van der Waals surface area contributed by atoms with Crippen LogP contribution < -0.4 is 0 Å². The van der Waals surface area contributed by atoms with Crippen molar-refractivity contribution in [3.05, 3.63) is 97.2 Å². The number of hydrogen-bond acceptors (Lipinski definition) is 6. The number of allylic oxidation sites excluding steroid dienone is 16. The summed E-state index contributed by atoms with van der Waals surface area (Å²) in [6, 6.07) is 0. The van der Waals surface area contributed by atoms with Crippen LogP contribution in [0, 0.1) is 0 Å². The van der Waals surface area contributed by atoms with Crippen LogP contribution >= 0.6 is 0 Å². The summed E-state index contributed by atoms with van der Waals surface area (Å²) in [5, 5.41) is 0. The van der Waals surface area contributed by atoms with Gasteiger partial charge in [0.25, 0.3) is 0 Å². The molecule has 0 aliphatic carbocycles. The van der Waals surface area contributed by atoms with Gasteiger partial charge in [-0.3, -0.25) is 14.4 Å². The third-order valence-corrected chi connectivity index (χ3v) is 14.1. The molecule has 6 nitrogen and oxygen atoms in total. The Morgan fingerprint density at radius 3 is 0.792 bits per heavy atom. The van der Waals surface area contributed by atoms with Gasteiger partial charge in [0.15, 0.2) is 6.10 Å². The maximum atomic E-state index is 12.9. The van der Waals surface area contributed by atoms with Gasteiger partial charge in [-0.1, -0.05) is 291 Å². The second-order valence-corrected chi connectivity index (χ2v) is 21.6. The molecule has 0 heterocycles. The number of hydrogen-bond donors (Lipinski definition) is 0. The van der Waals surface area contributed by atoms with E-state index in [1.807, 2.05) is 0 Å². The molecule has 0 amide bonds. The molecule has 0 saturated heterocycles. The van der Waals surface area contributed by atoms with E-state index in [0.29, 0.717) is 19.3 Å². The van der Waals surface area contributed by atoms with Crippen molar-refractivity contribution < 1.29 is 28.6 Å². The van der Waals surface area contributed by atoms with E-state index in [-0.39, 0.29) is 31.1 Å². The van der Waals surface area contributed by atoms with Gasteiger partial charge in [-0.2, -0.15) is 0 Å². The molecule has 0 rings (SSSR count). The van der Waals surface area contributed by atoms with Crippen LogP contribution in [0.15, 0.2) is 97.2 Å². The van der Waals surface area contributed by atoms with Gasteiger partial charge in [0, 0.05) is 19.3 Å². The smallest absolute Gasteiger partial charge is 0.306 e. The van der Waals surface area contributed by atoms with Crippen molar-refractivity contribution in [3.63, 3.8) is 0 Å². The van der Waals surface area contributed by atoms with E-state index in [1.165, 1.54) is 161 Å². The summed E-state index contributed by atoms with van der Waals surface area (Å²) in [5.74, 6) is -0.888. The van der Waals surface area contributed by atoms with Gasteiger partial charge < -0.3 is 14.2 Å². The lowest BCUT2D eigenvalue weighted by molar-refractivity contribution is -0.167. The Balaban J connectivity index is 4.32. The minimum Gasteiger partial charge on any atom is -0.462 e. The summed E-state index contributed by atoms with van der Waals surface area (Å²) < 4.78 is 16.9. The zero-order chi connectivity index (χ0) is 55.7. The van der Waals surface area contributed by atoms with E-state index in [1.54, 1.807) is 0 Å². The van der Waals surface area contributed by atoms with Gasteiger partial charge in [-0.05, 0) is 103 Å². The van der Waals surface area contributed by atoms with Crippen molar-refractivity contribution in [1.82, 2.24) is 0 Å². The summed E-state index contributed by atoms with van der Waals surface area (Å²) in [4.78, 5) is 38.3. The van der Waals surface area contributed by atoms with Crippen LogP contribution in [0.2, 0.25) is 0 Å². The lowest BCUT2D eigenvalue weighted by Crippen LogP contribution is -2.30. The maximum Gasteiger partial charge on any atom is 0.306 e. The van der Waals surface area contributed by atoms with Crippen molar-refractivity contribution in [2.45, 2.75) is 322 Å². The molecule has 0 aliphatic heterocycles. The fourth-order valence-corrected chi connectivity index (χ4v) is 9.18. The van der Waals surface area contributed by atoms with Crippen LogP contribution in [-0.2, 0) is 28.6 Å². The van der Waals surface area contributed by atoms with Gasteiger partial charge in [-0.15, -0.1) is 0 Å². The van der Waals surface area contributed by atoms with Crippen LogP contribution in [0.5, 0.6) is 0 Å². The van der Waals surface area contributed by atoms with Crippen molar-refractivity contribution in [3.8, 4) is 0 Å². The van der Waals surface area contributed by atoms with Gasteiger partial charge in [0.1, 0.15) is 13.2 Å². The molecule has 0 aliphatic rings. The minimum atomic E-state index is -0.785. The van der Waals surface area contributed by atoms with Gasteiger partial charge in [0.2, 0.25) is 0 Å². The van der Waals surface area contributed by atoms with E-state index in [4.69, 9.17) is 14.2 Å². The van der Waals surface area contributed by atoms with Crippen LogP contribution in [0.25, 0.3) is 0 Å². The highest BCUT2D eigenvalue weighted by molar-refractivity contribution is 5.71. The molecule has 0 fully saturated rings. The third-order valence-electron chi connectivity index (χ3n) is 14.1. The van der Waals surface area contributed by atoms with Crippen molar-refractivity contribution in [1.29, 1.82) is 0 Å². The number of rotatable bonds is 59. The Kier molecular flexibility index (Phi) is 61.8. The second kappa shape index (κ2) is 64.9. The van der Waals surface area contributed by atoms with Crippen molar-refractivity contribution in [2.75, 3.05) is 13.2 Å². The molecular weight excluding hydrogens is 949 g/mol. The average molecular weight is 1070 g/mol. The third kappa shape index (κ3) is 63.0. The highest BCUT2D eigenvalue weighted by Gasteiger charge is 2.19. The molecule has 0 radical (unpaired) electrons. The van der Waals surface area contributed by atoms with E-state index in [2.05, 4.69) is 118 Å². The van der Waals surface area contributed by atoms with Gasteiger partial charge in [0.05, 0.1) is 0 Å². The van der Waals surface area contributed by atoms with Crippen molar-refractivity contribution in [2.24, 2.45) is 0 Å². The standard InChI is InChI=1S/C71H122O6/c1-4-7-10-13-16-19-22-24-26-28-30-32-34-35-37-38-40-42-44-46-49-52-55-58-61-64-70(73)76-67-68(66-75-69(72)63-60-57-54-51-48-21-18-15-12-9-6-3)77-71(74)65-62-59-56-53-50-47-45-43-41-39-36-33-31-29-27-25-23-20-17-14-11-8-5-2/h7,10,16,19,23-26,29-32,35,37,40,42,68H,4-6,8-9,11-15,17-18,20-22,27-28,33-34,36,38-39,41,43-67H2,1-3H3/b10-7-,19-16-,25-23-,26-24-,31-29-,32-30-,37-35-,42-40-. The number of ether oxygens (including phenoxy) is 3. The second-order valence-electron chi connectivity index (χ2n) is 21.6. The zero-order valence-electron chi connectivity index (χ0n) is 50.7. The fourth-order valence-electron chi connectivity index (χ4n) is 9.18. The summed E-state index contributed by atoms with van der Waals surface area (Å²) >= 11 is 0. The molecule has 1 atom stereocenters. The summed E-state index contributed by atoms with van der Waals surface area (Å²) in [6.45, 7) is 6.52. The Morgan fingerprint density at radius 2 is 0.506 bits per heavy atom. The Labute approximate surface area is 477 Å². The topological polar surface area (TPSA) is 78.9 Å². The first-order valence-electron chi connectivity index (χ1n) is 32.7. The Morgan fingerprint density at radius 1 is 0.273 bits per heavy atom. The molecule has 1 unspecified atom stereocenters. The van der Waals surface area contributed by atoms with Gasteiger partial charge >= 0.3 is 17.9 Å². The Bertz CT molecular complexity index is 1510. The predicted octanol–water partition coefficient (Wildman–Crippen LogP) is 22.4. The van der Waals surface area contributed by atoms with Gasteiger partial charge in [-0.25, -0.2) is 0 Å². The highest BCUT2D eigenvalue weighted by atomic mass is 16.6. The average Bonchev–Trinajstić information content (AvgIpc) is 3.43. The summed E-state index contributed by atoms with van der Waals surface area (Å²) in [7, 11) is 0. The quantitative estimate of drug-likeness (QED) is 0.0261. The number of esters is 3. The van der Waals surface area contributed by atoms with E-state index in [9.17, 15) is 14.4 Å². The summed E-state index contributed by atoms with van der Waals surface area (Å²) in [6.07, 6.45) is 87.0. The molecule has 77 heavy (non-hydrogen) atoms. The van der Waals surface area contributed by atoms with Crippen LogP contribution in [-0.4, -0.2) is 37.2 Å². The lowest BCUT2D eigenvalue weighted by atomic mass is 10.0. The van der Waals surface area contributed by atoms with E-state index >= 15 is 0 Å². The first-order valence-corrected chi connectivity index (χ1v) is 32.7. The highest BCUT2D eigenvalue weighted by Crippen LogP contribution is 2.16. The lowest BCUT2D eigenvalue weighted by Gasteiger charge is -2.18. The van der Waals surface area contributed by atoms with E-state index in [0.717, 1.165) is 116 Å². The molecule has 442 valence electrons. The Hall–Kier alpha value is -3.67. The molecule has 6 heteroatoms. The van der Waals surface area contributed by atoms with Crippen LogP contribution in [0.4, 0.5) is 0 Å². The zero-order valence-corrected chi connectivity index (χ0v) is 50.7. The molecular formula is C71H122O6. The van der Waals surface area contributed by atoms with Crippen LogP contribution in [0.1, 0.15) is 316 Å². The fraction of sp³-hybridized carbons (Fsp3) is 0.732.